The number of amides is 2. The van der Waals surface area contributed by atoms with Crippen molar-refractivity contribution >= 4 is 33.2 Å². The molecule has 3 rings (SSSR count). The lowest BCUT2D eigenvalue weighted by Crippen LogP contribution is -2.51. The summed E-state index contributed by atoms with van der Waals surface area (Å²) in [7, 11) is -3.39. The standard InChI is InChI=1S/C16H16FN3O4S2/c17-12-3-1-2-10(4-12)5-15(21)19-13-8-26(23,24)9-14(13)20-16(22)11-6-18-25-7-11/h1-4,6-7,13-14H,5,8-9H2,(H,19,21)(H,20,22). The summed E-state index contributed by atoms with van der Waals surface area (Å²) in [6.45, 7) is 0. The monoisotopic (exact) mass is 397 g/mol. The van der Waals surface area contributed by atoms with Gasteiger partial charge in [-0.05, 0) is 29.2 Å². The Morgan fingerprint density at radius 3 is 2.62 bits per heavy atom. The summed E-state index contributed by atoms with van der Waals surface area (Å²) in [5, 5.41) is 6.83. The molecule has 0 aliphatic carbocycles. The molecule has 1 fully saturated rings. The van der Waals surface area contributed by atoms with Crippen LogP contribution in [0.5, 0.6) is 0 Å². The lowest BCUT2D eigenvalue weighted by Gasteiger charge is -2.20. The lowest BCUT2D eigenvalue weighted by atomic mass is 10.1. The van der Waals surface area contributed by atoms with E-state index in [1.54, 1.807) is 11.4 Å². The molecule has 1 aromatic heterocycles. The predicted octanol–water partition coefficient (Wildman–Crippen LogP) is 0.536. The van der Waals surface area contributed by atoms with Gasteiger partial charge >= 0.3 is 0 Å². The van der Waals surface area contributed by atoms with Crippen LogP contribution in [-0.2, 0) is 21.1 Å². The Morgan fingerprint density at radius 1 is 1.23 bits per heavy atom. The summed E-state index contributed by atoms with van der Waals surface area (Å²) in [5.74, 6) is -1.83. The largest absolute Gasteiger partial charge is 0.350 e. The van der Waals surface area contributed by atoms with Crippen molar-refractivity contribution in [2.75, 3.05) is 11.5 Å². The number of hydrogen-bond donors (Lipinski definition) is 2. The van der Waals surface area contributed by atoms with Gasteiger partial charge in [-0.2, -0.15) is 0 Å². The number of halogens is 1. The van der Waals surface area contributed by atoms with Crippen LogP contribution in [0, 0.1) is 5.82 Å². The topological polar surface area (TPSA) is 105 Å². The normalized spacial score (nSPS) is 21.3. The van der Waals surface area contributed by atoms with E-state index in [0.29, 0.717) is 11.1 Å². The third-order valence-electron chi connectivity index (χ3n) is 3.96. The summed E-state index contributed by atoms with van der Waals surface area (Å²) in [6, 6.07) is 4.15. The van der Waals surface area contributed by atoms with E-state index in [2.05, 4.69) is 15.0 Å². The maximum atomic E-state index is 13.2. The van der Waals surface area contributed by atoms with Gasteiger partial charge in [0, 0.05) is 5.38 Å². The van der Waals surface area contributed by atoms with Crippen LogP contribution >= 0.6 is 11.5 Å². The first-order valence-electron chi connectivity index (χ1n) is 7.77. The molecule has 1 aliphatic rings. The second-order valence-electron chi connectivity index (χ2n) is 6.05. The number of sulfone groups is 1. The number of aromatic nitrogens is 1. The van der Waals surface area contributed by atoms with Crippen LogP contribution < -0.4 is 10.6 Å². The van der Waals surface area contributed by atoms with Crippen molar-refractivity contribution in [1.29, 1.82) is 0 Å². The zero-order chi connectivity index (χ0) is 18.7. The SMILES string of the molecule is O=C(Cc1cccc(F)c1)NC1CS(=O)(=O)CC1NC(=O)c1cnsc1. The molecule has 10 heteroatoms. The summed E-state index contributed by atoms with van der Waals surface area (Å²) in [4.78, 5) is 24.3. The first-order chi connectivity index (χ1) is 12.3. The van der Waals surface area contributed by atoms with E-state index in [-0.39, 0.29) is 17.9 Å². The van der Waals surface area contributed by atoms with Gasteiger partial charge in [0.05, 0.1) is 41.8 Å². The second kappa shape index (κ2) is 7.50. The molecule has 1 saturated heterocycles. The molecule has 1 aromatic carbocycles. The average Bonchev–Trinajstić information content (AvgIpc) is 3.15. The highest BCUT2D eigenvalue weighted by molar-refractivity contribution is 7.91. The third kappa shape index (κ3) is 4.64. The van der Waals surface area contributed by atoms with Gasteiger partial charge in [0.25, 0.3) is 5.91 Å². The Bertz CT molecular complexity index is 915. The van der Waals surface area contributed by atoms with Gasteiger partial charge in [0.1, 0.15) is 5.82 Å². The smallest absolute Gasteiger partial charge is 0.254 e. The van der Waals surface area contributed by atoms with Crippen LogP contribution in [0.2, 0.25) is 0 Å². The number of carbonyl (C=O) groups is 2. The fraction of sp³-hybridized carbons (Fsp3) is 0.312. The van der Waals surface area contributed by atoms with Crippen LogP contribution in [0.15, 0.2) is 35.8 Å². The van der Waals surface area contributed by atoms with Crippen molar-refractivity contribution in [2.45, 2.75) is 18.5 Å². The summed E-state index contributed by atoms with van der Waals surface area (Å²) >= 11 is 1.11. The Balaban J connectivity index is 1.66. The molecule has 138 valence electrons. The summed E-state index contributed by atoms with van der Waals surface area (Å²) in [5.41, 5.74) is 0.817. The third-order valence-corrected chi connectivity index (χ3v) is 6.28. The van der Waals surface area contributed by atoms with Crippen LogP contribution in [0.4, 0.5) is 4.39 Å². The van der Waals surface area contributed by atoms with Gasteiger partial charge in [0.15, 0.2) is 9.84 Å². The highest BCUT2D eigenvalue weighted by atomic mass is 32.2. The van der Waals surface area contributed by atoms with E-state index in [4.69, 9.17) is 0 Å². The molecule has 2 unspecified atom stereocenters. The van der Waals surface area contributed by atoms with Crippen LogP contribution in [0.1, 0.15) is 15.9 Å². The van der Waals surface area contributed by atoms with Crippen molar-refractivity contribution in [3.8, 4) is 0 Å². The number of nitrogens with zero attached hydrogens (tertiary/aromatic N) is 1. The van der Waals surface area contributed by atoms with E-state index in [0.717, 1.165) is 11.5 Å². The minimum absolute atomic E-state index is 0.0799. The van der Waals surface area contributed by atoms with Gasteiger partial charge in [-0.1, -0.05) is 12.1 Å². The Morgan fingerprint density at radius 2 is 1.96 bits per heavy atom. The molecular formula is C16H16FN3O4S2. The highest BCUT2D eigenvalue weighted by Crippen LogP contribution is 2.15. The van der Waals surface area contributed by atoms with E-state index in [1.165, 1.54) is 24.4 Å². The molecule has 0 spiro atoms. The predicted molar refractivity (Wildman–Crippen MR) is 94.1 cm³/mol. The molecule has 2 amide bonds. The molecule has 2 N–H and O–H groups in total. The lowest BCUT2D eigenvalue weighted by molar-refractivity contribution is -0.121. The van der Waals surface area contributed by atoms with Gasteiger partial charge < -0.3 is 10.6 Å². The minimum Gasteiger partial charge on any atom is -0.350 e. The number of hydrogen-bond acceptors (Lipinski definition) is 6. The number of nitrogens with one attached hydrogen (secondary N) is 2. The molecule has 0 saturated carbocycles. The zero-order valence-electron chi connectivity index (χ0n) is 13.5. The van der Waals surface area contributed by atoms with Crippen molar-refractivity contribution in [1.82, 2.24) is 15.0 Å². The zero-order valence-corrected chi connectivity index (χ0v) is 15.1. The van der Waals surface area contributed by atoms with Crippen molar-refractivity contribution < 1.29 is 22.4 Å². The first kappa shape index (κ1) is 18.5. The number of benzene rings is 1. The van der Waals surface area contributed by atoms with E-state index < -0.39 is 39.6 Å². The van der Waals surface area contributed by atoms with Crippen LogP contribution in [0.25, 0.3) is 0 Å². The Hall–Kier alpha value is -2.33. The fourth-order valence-electron chi connectivity index (χ4n) is 2.79. The Labute approximate surface area is 153 Å². The van der Waals surface area contributed by atoms with Crippen molar-refractivity contribution in [2.24, 2.45) is 0 Å². The maximum Gasteiger partial charge on any atom is 0.254 e. The number of rotatable bonds is 5. The number of carbonyl (C=O) groups excluding carboxylic acids is 2. The molecule has 2 atom stereocenters. The van der Waals surface area contributed by atoms with Gasteiger partial charge in [0.2, 0.25) is 5.91 Å². The van der Waals surface area contributed by atoms with E-state index in [1.807, 2.05) is 0 Å². The average molecular weight is 397 g/mol. The molecule has 2 aromatic rings. The van der Waals surface area contributed by atoms with Gasteiger partial charge in [-0.15, -0.1) is 0 Å². The molecule has 0 radical (unpaired) electrons. The van der Waals surface area contributed by atoms with Crippen molar-refractivity contribution in [3.63, 3.8) is 0 Å². The fourth-order valence-corrected chi connectivity index (χ4v) is 5.17. The quantitative estimate of drug-likeness (QED) is 0.766. The van der Waals surface area contributed by atoms with E-state index in [9.17, 15) is 22.4 Å². The molecule has 2 heterocycles. The first-order valence-corrected chi connectivity index (χ1v) is 10.4. The van der Waals surface area contributed by atoms with Crippen molar-refractivity contribution in [3.05, 3.63) is 52.8 Å². The molecule has 7 nitrogen and oxygen atoms in total. The Kier molecular flexibility index (Phi) is 5.33. The van der Waals surface area contributed by atoms with Gasteiger partial charge in [-0.3, -0.25) is 9.59 Å². The molecule has 0 bridgehead atoms. The van der Waals surface area contributed by atoms with Crippen LogP contribution in [0.3, 0.4) is 0 Å². The minimum atomic E-state index is -3.39. The second-order valence-corrected chi connectivity index (χ2v) is 8.86. The summed E-state index contributed by atoms with van der Waals surface area (Å²) in [6.07, 6.45) is 1.31. The van der Waals surface area contributed by atoms with Gasteiger partial charge in [-0.25, -0.2) is 17.2 Å². The van der Waals surface area contributed by atoms with E-state index >= 15 is 0 Å². The molecular weight excluding hydrogens is 381 g/mol. The maximum absolute atomic E-state index is 13.2. The highest BCUT2D eigenvalue weighted by Gasteiger charge is 2.39. The molecule has 26 heavy (non-hydrogen) atoms. The molecule has 1 aliphatic heterocycles. The summed E-state index contributed by atoms with van der Waals surface area (Å²) < 4.78 is 40.9. The van der Waals surface area contributed by atoms with Crippen LogP contribution in [-0.4, -0.2) is 48.2 Å².